The van der Waals surface area contributed by atoms with Crippen LogP contribution in [0.5, 0.6) is 0 Å². The van der Waals surface area contributed by atoms with Gasteiger partial charge in [0.05, 0.1) is 12.2 Å². The highest BCUT2D eigenvalue weighted by atomic mass is 16.6. The van der Waals surface area contributed by atoms with Crippen molar-refractivity contribution in [1.29, 1.82) is 0 Å². The summed E-state index contributed by atoms with van der Waals surface area (Å²) in [4.78, 5) is 24.0. The van der Waals surface area contributed by atoms with Gasteiger partial charge in [-0.2, -0.15) is 0 Å². The quantitative estimate of drug-likeness (QED) is 0.638. The first-order valence-electron chi connectivity index (χ1n) is 7.75. The minimum Gasteiger partial charge on any atom is -0.504 e. The number of rotatable bonds is 4. The predicted octanol–water partition coefficient (Wildman–Crippen LogP) is 2.91. The fourth-order valence-corrected chi connectivity index (χ4v) is 3.38. The average molecular weight is 308 g/mol. The van der Waals surface area contributed by atoms with Crippen molar-refractivity contribution in [3.05, 3.63) is 23.7 Å². The van der Waals surface area contributed by atoms with Gasteiger partial charge in [-0.3, -0.25) is 4.79 Å². The molecule has 0 amide bonds. The van der Waals surface area contributed by atoms with Gasteiger partial charge in [0.15, 0.2) is 17.3 Å². The molecule has 5 nitrogen and oxygen atoms in total. The Morgan fingerprint density at radius 2 is 2.00 bits per heavy atom. The van der Waals surface area contributed by atoms with E-state index in [4.69, 9.17) is 4.74 Å². The van der Waals surface area contributed by atoms with Crippen molar-refractivity contribution >= 4 is 11.8 Å². The molecule has 2 heterocycles. The number of ether oxygens (including phenoxy) is 2. The normalized spacial score (nSPS) is 32.6. The molecule has 2 rings (SSSR count). The number of Topliss-reactive ketones (excluding diaryl/α,β-unsaturated/α-hetero) is 1. The molecule has 1 fully saturated rings. The Kier molecular flexibility index (Phi) is 4.75. The molecule has 0 unspecified atom stereocenters. The summed E-state index contributed by atoms with van der Waals surface area (Å²) < 4.78 is 10.8. The number of aliphatic hydroxyl groups is 1. The number of hydrogen-bond donors (Lipinski definition) is 1. The molecule has 4 atom stereocenters. The molecule has 1 saturated heterocycles. The van der Waals surface area contributed by atoms with Gasteiger partial charge < -0.3 is 14.6 Å². The minimum absolute atomic E-state index is 0.0683. The van der Waals surface area contributed by atoms with Gasteiger partial charge in [-0.05, 0) is 24.2 Å². The van der Waals surface area contributed by atoms with E-state index in [0.717, 1.165) is 6.42 Å². The second-order valence-electron chi connectivity index (χ2n) is 6.74. The van der Waals surface area contributed by atoms with Gasteiger partial charge in [-0.15, -0.1) is 0 Å². The highest BCUT2D eigenvalue weighted by Crippen LogP contribution is 2.35. The van der Waals surface area contributed by atoms with E-state index in [9.17, 15) is 14.7 Å². The largest absolute Gasteiger partial charge is 0.504 e. The summed E-state index contributed by atoms with van der Waals surface area (Å²) in [6.07, 6.45) is 0.891. The predicted molar refractivity (Wildman–Crippen MR) is 81.0 cm³/mol. The van der Waals surface area contributed by atoms with Gasteiger partial charge in [-0.1, -0.05) is 34.3 Å². The lowest BCUT2D eigenvalue weighted by Crippen LogP contribution is -2.42. The fourth-order valence-electron chi connectivity index (χ4n) is 3.38. The van der Waals surface area contributed by atoms with Crippen LogP contribution in [0.25, 0.3) is 0 Å². The first-order valence-corrected chi connectivity index (χ1v) is 7.75. The number of esters is 1. The fraction of sp³-hybridized carbons (Fsp3) is 0.647. The van der Waals surface area contributed by atoms with Gasteiger partial charge in [-0.25, -0.2) is 4.79 Å². The SMILES string of the molecule is C=C1OC(=O)C(C(=O)C[C@@H]2O[C@@H](C(C)C)[C@@H](C)C[C@@H]2C)=C1O. The number of cyclic esters (lactones) is 1. The molecule has 0 spiro atoms. The van der Waals surface area contributed by atoms with E-state index >= 15 is 0 Å². The summed E-state index contributed by atoms with van der Waals surface area (Å²) in [5.41, 5.74) is -0.305. The van der Waals surface area contributed by atoms with Gasteiger partial charge in [0.1, 0.15) is 5.57 Å². The van der Waals surface area contributed by atoms with E-state index in [2.05, 4.69) is 32.1 Å². The number of hydrogen-bond acceptors (Lipinski definition) is 5. The molecule has 0 radical (unpaired) electrons. The third kappa shape index (κ3) is 3.09. The Morgan fingerprint density at radius 3 is 2.50 bits per heavy atom. The van der Waals surface area contributed by atoms with Crippen molar-refractivity contribution in [2.45, 2.75) is 52.7 Å². The van der Waals surface area contributed by atoms with E-state index in [1.807, 2.05) is 6.92 Å². The zero-order valence-electron chi connectivity index (χ0n) is 13.6. The molecular formula is C17H24O5. The lowest BCUT2D eigenvalue weighted by atomic mass is 9.80. The van der Waals surface area contributed by atoms with Gasteiger partial charge in [0.2, 0.25) is 0 Å². The molecule has 0 aliphatic carbocycles. The molecule has 0 aromatic rings. The zero-order chi connectivity index (χ0) is 16.6. The Labute approximate surface area is 131 Å². The highest BCUT2D eigenvalue weighted by molar-refractivity contribution is 6.20. The minimum atomic E-state index is -0.829. The lowest BCUT2D eigenvalue weighted by Gasteiger charge is -2.41. The second kappa shape index (κ2) is 6.24. The zero-order valence-corrected chi connectivity index (χ0v) is 13.6. The summed E-state index contributed by atoms with van der Waals surface area (Å²) in [7, 11) is 0. The summed E-state index contributed by atoms with van der Waals surface area (Å²) in [5, 5.41) is 9.75. The average Bonchev–Trinajstić information content (AvgIpc) is 2.66. The van der Waals surface area contributed by atoms with Crippen molar-refractivity contribution in [3.8, 4) is 0 Å². The third-order valence-corrected chi connectivity index (χ3v) is 4.51. The first kappa shape index (κ1) is 16.7. The number of aliphatic hydroxyl groups excluding tert-OH is 1. The van der Waals surface area contributed by atoms with E-state index in [1.165, 1.54) is 0 Å². The Bertz CT molecular complexity index is 531. The summed E-state index contributed by atoms with van der Waals surface area (Å²) in [5.74, 6) is -0.877. The molecular weight excluding hydrogens is 284 g/mol. The smallest absolute Gasteiger partial charge is 0.351 e. The van der Waals surface area contributed by atoms with Crippen LogP contribution in [-0.2, 0) is 19.1 Å². The van der Waals surface area contributed by atoms with E-state index in [1.54, 1.807) is 0 Å². The van der Waals surface area contributed by atoms with E-state index < -0.39 is 17.5 Å². The molecule has 2 aliphatic rings. The summed E-state index contributed by atoms with van der Waals surface area (Å²) in [6.45, 7) is 11.8. The van der Waals surface area contributed by atoms with Crippen LogP contribution in [0.3, 0.4) is 0 Å². The van der Waals surface area contributed by atoms with Gasteiger partial charge in [0.25, 0.3) is 0 Å². The monoisotopic (exact) mass is 308 g/mol. The first-order chi connectivity index (χ1) is 10.2. The van der Waals surface area contributed by atoms with Crippen LogP contribution in [0.4, 0.5) is 0 Å². The third-order valence-electron chi connectivity index (χ3n) is 4.51. The lowest BCUT2D eigenvalue weighted by molar-refractivity contribution is -0.142. The molecule has 0 saturated carbocycles. The molecule has 5 heteroatoms. The summed E-state index contributed by atoms with van der Waals surface area (Å²) >= 11 is 0. The number of carbonyl (C=O) groups is 2. The summed E-state index contributed by atoms with van der Waals surface area (Å²) in [6, 6.07) is 0. The molecule has 0 aromatic carbocycles. The Balaban J connectivity index is 2.11. The van der Waals surface area contributed by atoms with Crippen molar-refractivity contribution in [2.24, 2.45) is 17.8 Å². The highest BCUT2D eigenvalue weighted by Gasteiger charge is 2.39. The molecule has 0 aromatic heterocycles. The van der Waals surface area contributed by atoms with Crippen LogP contribution in [0, 0.1) is 17.8 Å². The van der Waals surface area contributed by atoms with Crippen LogP contribution in [0.2, 0.25) is 0 Å². The molecule has 0 bridgehead atoms. The second-order valence-corrected chi connectivity index (χ2v) is 6.74. The van der Waals surface area contributed by atoms with Gasteiger partial charge >= 0.3 is 5.97 Å². The topological polar surface area (TPSA) is 72.8 Å². The Hall–Kier alpha value is -1.62. The molecule has 122 valence electrons. The van der Waals surface area contributed by atoms with Crippen molar-refractivity contribution in [3.63, 3.8) is 0 Å². The standard InChI is InChI=1S/C17H24O5/c1-8(2)16-10(4)6-9(3)13(22-16)7-12(18)14-15(19)11(5)21-17(14)20/h8-10,13,16,19H,5-7H2,1-4H3/t9-,10-,13-,16-/m0/s1. The van der Waals surface area contributed by atoms with Crippen LogP contribution >= 0.6 is 0 Å². The van der Waals surface area contributed by atoms with Crippen LogP contribution in [-0.4, -0.2) is 29.1 Å². The van der Waals surface area contributed by atoms with Crippen LogP contribution in [0.1, 0.15) is 40.5 Å². The Morgan fingerprint density at radius 1 is 1.36 bits per heavy atom. The van der Waals surface area contributed by atoms with Crippen LogP contribution in [0.15, 0.2) is 23.7 Å². The maximum Gasteiger partial charge on any atom is 0.351 e. The van der Waals surface area contributed by atoms with Crippen LogP contribution < -0.4 is 0 Å². The van der Waals surface area contributed by atoms with Crippen molar-refractivity contribution in [1.82, 2.24) is 0 Å². The van der Waals surface area contributed by atoms with Crippen molar-refractivity contribution in [2.75, 3.05) is 0 Å². The maximum absolute atomic E-state index is 12.3. The maximum atomic E-state index is 12.3. The van der Waals surface area contributed by atoms with E-state index in [0.29, 0.717) is 11.8 Å². The molecule has 1 N–H and O–H groups in total. The molecule has 22 heavy (non-hydrogen) atoms. The van der Waals surface area contributed by atoms with Crippen molar-refractivity contribution < 1.29 is 24.2 Å². The molecule has 2 aliphatic heterocycles. The number of carbonyl (C=O) groups excluding carboxylic acids is 2. The number of ketones is 1. The van der Waals surface area contributed by atoms with E-state index in [-0.39, 0.29) is 35.9 Å². The van der Waals surface area contributed by atoms with Gasteiger partial charge in [0, 0.05) is 6.42 Å².